The van der Waals surface area contributed by atoms with E-state index >= 15 is 0 Å². The summed E-state index contributed by atoms with van der Waals surface area (Å²) in [6.45, 7) is 5.96. The van der Waals surface area contributed by atoms with Crippen LogP contribution in [-0.2, 0) is 6.54 Å². The molecule has 0 heterocycles. The molecule has 0 amide bonds. The van der Waals surface area contributed by atoms with Crippen LogP contribution in [0, 0.1) is 6.92 Å². The molecule has 2 nitrogen and oxygen atoms in total. The van der Waals surface area contributed by atoms with Crippen molar-refractivity contribution in [2.75, 3.05) is 6.54 Å². The molecule has 0 aromatic heterocycles. The van der Waals surface area contributed by atoms with Crippen LogP contribution in [-0.4, -0.2) is 16.4 Å². The Kier molecular flexibility index (Phi) is 5.48. The third-order valence-electron chi connectivity index (χ3n) is 3.66. The lowest BCUT2D eigenvalue weighted by Crippen LogP contribution is -2.36. The van der Waals surface area contributed by atoms with Gasteiger partial charge in [-0.1, -0.05) is 79.3 Å². The van der Waals surface area contributed by atoms with E-state index in [1.165, 1.54) is 11.1 Å². The zero-order valence-corrected chi connectivity index (χ0v) is 13.4. The van der Waals surface area contributed by atoms with Gasteiger partial charge in [-0.3, -0.25) is 4.90 Å². The predicted octanol–water partition coefficient (Wildman–Crippen LogP) is 3.84. The number of benzene rings is 2. The first kappa shape index (κ1) is 15.7. The Morgan fingerprint density at radius 1 is 1.10 bits per heavy atom. The summed E-state index contributed by atoms with van der Waals surface area (Å²) in [5.41, 5.74) is 9.70. The average molecular weight is 298 g/mol. The lowest BCUT2D eigenvalue weighted by atomic mass is 10.0. The second kappa shape index (κ2) is 7.34. The van der Waals surface area contributed by atoms with Crippen molar-refractivity contribution in [1.29, 1.82) is 0 Å². The number of hydrogen-bond acceptors (Lipinski definition) is 2. The number of hydrogen-bond donors (Lipinski definition) is 1. The van der Waals surface area contributed by atoms with Crippen molar-refractivity contribution >= 4 is 17.2 Å². The van der Waals surface area contributed by atoms with E-state index in [1.54, 1.807) is 0 Å². The summed E-state index contributed by atoms with van der Waals surface area (Å²) in [5, 5.41) is 0. The second-order valence-electron chi connectivity index (χ2n) is 5.26. The number of nitrogens with two attached hydrogens (primary N) is 1. The Morgan fingerprint density at radius 2 is 1.71 bits per heavy atom. The smallest absolute Gasteiger partial charge is 0.0948 e. The number of likely N-dealkylation sites (N-methyl/N-ethyl adjacent to an activating group) is 1. The molecule has 1 atom stereocenters. The third-order valence-corrected chi connectivity index (χ3v) is 3.89. The number of rotatable bonds is 6. The van der Waals surface area contributed by atoms with Gasteiger partial charge in [0.15, 0.2) is 0 Å². The molecule has 0 saturated heterocycles. The molecule has 3 heteroatoms. The van der Waals surface area contributed by atoms with E-state index in [0.29, 0.717) is 4.99 Å². The molecule has 0 aliphatic heterocycles. The minimum Gasteiger partial charge on any atom is -0.392 e. The van der Waals surface area contributed by atoms with E-state index in [-0.39, 0.29) is 6.04 Å². The first-order valence-corrected chi connectivity index (χ1v) is 7.66. The first-order chi connectivity index (χ1) is 10.1. The van der Waals surface area contributed by atoms with E-state index in [1.807, 2.05) is 6.07 Å². The summed E-state index contributed by atoms with van der Waals surface area (Å²) < 4.78 is 0. The van der Waals surface area contributed by atoms with Gasteiger partial charge in [-0.15, -0.1) is 0 Å². The van der Waals surface area contributed by atoms with E-state index in [4.69, 9.17) is 18.0 Å². The van der Waals surface area contributed by atoms with Crippen LogP contribution in [0.4, 0.5) is 0 Å². The molecule has 1 unspecified atom stereocenters. The van der Waals surface area contributed by atoms with E-state index in [9.17, 15) is 0 Å². The Morgan fingerprint density at radius 3 is 2.24 bits per heavy atom. The lowest BCUT2D eigenvalue weighted by molar-refractivity contribution is 0.249. The van der Waals surface area contributed by atoms with Gasteiger partial charge in [-0.2, -0.15) is 0 Å². The highest BCUT2D eigenvalue weighted by molar-refractivity contribution is 7.80. The third kappa shape index (κ3) is 4.13. The van der Waals surface area contributed by atoms with Crippen molar-refractivity contribution in [3.05, 3.63) is 71.3 Å². The maximum absolute atomic E-state index is 6.03. The Bertz CT molecular complexity index is 578. The summed E-state index contributed by atoms with van der Waals surface area (Å²) in [4.78, 5) is 2.83. The zero-order valence-electron chi connectivity index (χ0n) is 12.6. The maximum atomic E-state index is 6.03. The molecule has 2 aromatic carbocycles. The zero-order chi connectivity index (χ0) is 15.2. The van der Waals surface area contributed by atoms with Crippen molar-refractivity contribution in [2.24, 2.45) is 5.73 Å². The number of aryl methyl sites for hydroxylation is 1. The number of thiocarbonyl (C=S) groups is 1. The van der Waals surface area contributed by atoms with E-state index < -0.39 is 0 Å². The van der Waals surface area contributed by atoms with Crippen LogP contribution in [0.25, 0.3) is 0 Å². The molecular weight excluding hydrogens is 276 g/mol. The standard InChI is InChI=1S/C18H22N2S/c1-3-20(13-15-7-5-4-6-8-15)17(18(19)21)16-11-9-14(2)10-12-16/h4-12,17H,3,13H2,1-2H3,(H2,19,21). The Hall–Kier alpha value is -1.71. The summed E-state index contributed by atoms with van der Waals surface area (Å²) in [6, 6.07) is 18.8. The fourth-order valence-corrected chi connectivity index (χ4v) is 2.79. The fourth-order valence-electron chi connectivity index (χ4n) is 2.51. The van der Waals surface area contributed by atoms with Crippen LogP contribution < -0.4 is 5.73 Å². The van der Waals surface area contributed by atoms with Crippen molar-refractivity contribution < 1.29 is 0 Å². The van der Waals surface area contributed by atoms with Crippen LogP contribution >= 0.6 is 12.2 Å². The van der Waals surface area contributed by atoms with Gasteiger partial charge >= 0.3 is 0 Å². The molecule has 2 rings (SSSR count). The molecule has 2 aromatic rings. The van der Waals surface area contributed by atoms with Gasteiger partial charge in [0.2, 0.25) is 0 Å². The Balaban J connectivity index is 2.26. The average Bonchev–Trinajstić information content (AvgIpc) is 2.49. The van der Waals surface area contributed by atoms with Gasteiger partial charge in [0, 0.05) is 6.54 Å². The quantitative estimate of drug-likeness (QED) is 0.822. The summed E-state index contributed by atoms with van der Waals surface area (Å²) >= 11 is 5.33. The largest absolute Gasteiger partial charge is 0.392 e. The summed E-state index contributed by atoms with van der Waals surface area (Å²) in [5.74, 6) is 0. The normalized spacial score (nSPS) is 12.3. The van der Waals surface area contributed by atoms with Crippen LogP contribution in [0.15, 0.2) is 54.6 Å². The lowest BCUT2D eigenvalue weighted by Gasteiger charge is -2.30. The molecule has 0 spiro atoms. The highest BCUT2D eigenvalue weighted by Crippen LogP contribution is 2.23. The molecule has 0 bridgehead atoms. The van der Waals surface area contributed by atoms with Gasteiger partial charge in [-0.25, -0.2) is 0 Å². The molecule has 0 fully saturated rings. The summed E-state index contributed by atoms with van der Waals surface area (Å²) in [6.07, 6.45) is 0. The maximum Gasteiger partial charge on any atom is 0.0948 e. The van der Waals surface area contributed by atoms with Crippen LogP contribution in [0.3, 0.4) is 0 Å². The second-order valence-corrected chi connectivity index (χ2v) is 5.74. The highest BCUT2D eigenvalue weighted by atomic mass is 32.1. The minimum atomic E-state index is -0.0224. The monoisotopic (exact) mass is 298 g/mol. The molecular formula is C18H22N2S. The SMILES string of the molecule is CCN(Cc1ccccc1)C(C(N)=S)c1ccc(C)cc1. The van der Waals surface area contributed by atoms with Crippen LogP contribution in [0.1, 0.15) is 29.7 Å². The van der Waals surface area contributed by atoms with Gasteiger partial charge in [0.25, 0.3) is 0 Å². The summed E-state index contributed by atoms with van der Waals surface area (Å²) in [7, 11) is 0. The van der Waals surface area contributed by atoms with Crippen LogP contribution in [0.2, 0.25) is 0 Å². The van der Waals surface area contributed by atoms with Gasteiger partial charge in [0.1, 0.15) is 0 Å². The van der Waals surface area contributed by atoms with Crippen molar-refractivity contribution in [1.82, 2.24) is 4.90 Å². The van der Waals surface area contributed by atoms with Crippen LogP contribution in [0.5, 0.6) is 0 Å². The molecule has 21 heavy (non-hydrogen) atoms. The van der Waals surface area contributed by atoms with Gasteiger partial charge in [-0.05, 0) is 24.6 Å². The van der Waals surface area contributed by atoms with Gasteiger partial charge < -0.3 is 5.73 Å². The van der Waals surface area contributed by atoms with Crippen molar-refractivity contribution in [2.45, 2.75) is 26.4 Å². The molecule has 110 valence electrons. The van der Waals surface area contributed by atoms with Crippen molar-refractivity contribution in [3.8, 4) is 0 Å². The highest BCUT2D eigenvalue weighted by Gasteiger charge is 2.21. The molecule has 2 N–H and O–H groups in total. The fraction of sp³-hybridized carbons (Fsp3) is 0.278. The predicted molar refractivity (Wildman–Crippen MR) is 93.2 cm³/mol. The Labute approximate surface area is 132 Å². The van der Waals surface area contributed by atoms with Gasteiger partial charge in [0.05, 0.1) is 11.0 Å². The molecule has 0 radical (unpaired) electrons. The molecule has 0 aliphatic carbocycles. The minimum absolute atomic E-state index is 0.0224. The molecule has 0 saturated carbocycles. The van der Waals surface area contributed by atoms with Crippen molar-refractivity contribution in [3.63, 3.8) is 0 Å². The first-order valence-electron chi connectivity index (χ1n) is 7.25. The van der Waals surface area contributed by atoms with E-state index in [0.717, 1.165) is 18.7 Å². The molecule has 0 aliphatic rings. The topological polar surface area (TPSA) is 29.3 Å². The van der Waals surface area contributed by atoms with E-state index in [2.05, 4.69) is 67.3 Å². The number of nitrogens with zero attached hydrogens (tertiary/aromatic N) is 1.